The van der Waals surface area contributed by atoms with Gasteiger partial charge >= 0.3 is 11.9 Å². The molecule has 0 spiro atoms. The van der Waals surface area contributed by atoms with Crippen LogP contribution in [0, 0.1) is 0 Å². The first-order chi connectivity index (χ1) is 23.6. The number of rotatable bonds is 21. The molecule has 254 valence electrons. The lowest BCUT2D eigenvalue weighted by Crippen LogP contribution is -2.52. The molecule has 0 saturated heterocycles. The van der Waals surface area contributed by atoms with Crippen molar-refractivity contribution in [3.05, 3.63) is 144 Å². The number of ether oxygens (including phenoxy) is 6. The predicted molar refractivity (Wildman–Crippen MR) is 183 cm³/mol. The van der Waals surface area contributed by atoms with Gasteiger partial charge in [0.2, 0.25) is 0 Å². The summed E-state index contributed by atoms with van der Waals surface area (Å²) < 4.78 is 37.8. The predicted octanol–water partition coefficient (Wildman–Crippen LogP) is 7.23. The normalized spacial score (nSPS) is 13.6. The second-order valence-electron chi connectivity index (χ2n) is 11.3. The molecule has 48 heavy (non-hydrogen) atoms. The van der Waals surface area contributed by atoms with E-state index >= 15 is 0 Å². The Balaban J connectivity index is 1.73. The van der Waals surface area contributed by atoms with E-state index in [2.05, 4.69) is 0 Å². The van der Waals surface area contributed by atoms with E-state index in [0.717, 1.165) is 22.3 Å². The number of benzene rings is 4. The van der Waals surface area contributed by atoms with Crippen molar-refractivity contribution < 1.29 is 38.0 Å². The Kier molecular flexibility index (Phi) is 15.8. The summed E-state index contributed by atoms with van der Waals surface area (Å²) in [4.78, 5) is 24.9. The van der Waals surface area contributed by atoms with E-state index in [1.54, 1.807) is 13.8 Å². The molecule has 0 amide bonds. The fourth-order valence-corrected chi connectivity index (χ4v) is 4.95. The number of hydrogen-bond donors (Lipinski definition) is 0. The van der Waals surface area contributed by atoms with E-state index in [1.165, 1.54) is 0 Å². The van der Waals surface area contributed by atoms with Crippen LogP contribution in [0.25, 0.3) is 0 Å². The topological polar surface area (TPSA) is 89.5 Å². The van der Waals surface area contributed by atoms with Crippen molar-refractivity contribution in [2.75, 3.05) is 13.2 Å². The second kappa shape index (κ2) is 20.8. The van der Waals surface area contributed by atoms with Crippen LogP contribution in [-0.4, -0.2) is 49.6 Å². The highest BCUT2D eigenvalue weighted by molar-refractivity contribution is 5.69. The van der Waals surface area contributed by atoms with Crippen molar-refractivity contribution in [2.24, 2.45) is 0 Å². The fraction of sp³-hybridized carbons (Fsp3) is 0.350. The Morgan fingerprint density at radius 1 is 0.438 bits per heavy atom. The van der Waals surface area contributed by atoms with Gasteiger partial charge in [-0.2, -0.15) is 0 Å². The second-order valence-corrected chi connectivity index (χ2v) is 11.3. The molecule has 4 aromatic rings. The Labute approximate surface area is 283 Å². The summed E-state index contributed by atoms with van der Waals surface area (Å²) in [5, 5.41) is 0. The van der Waals surface area contributed by atoms with E-state index in [1.807, 2.05) is 121 Å². The Hall–Kier alpha value is -4.34. The first-order valence-corrected chi connectivity index (χ1v) is 16.5. The lowest BCUT2D eigenvalue weighted by Gasteiger charge is -2.37. The maximum Gasteiger partial charge on any atom is 0.305 e. The first-order valence-electron chi connectivity index (χ1n) is 16.5. The SMILES string of the molecule is CCC(=O)OC[C@H](OCc1ccccc1)[C@@H](OCc1ccccc1)[C@H](OCc1ccccc1)[C@@H](COC(=O)CC)OCc1ccccc1. The number of carbonyl (C=O) groups is 2. The third-order valence-corrected chi connectivity index (χ3v) is 7.64. The molecule has 0 aromatic heterocycles. The summed E-state index contributed by atoms with van der Waals surface area (Å²) in [5.41, 5.74) is 3.77. The molecule has 4 rings (SSSR count). The smallest absolute Gasteiger partial charge is 0.305 e. The summed E-state index contributed by atoms with van der Waals surface area (Å²) in [5.74, 6) is -0.721. The van der Waals surface area contributed by atoms with Crippen molar-refractivity contribution in [3.8, 4) is 0 Å². The maximum absolute atomic E-state index is 12.4. The molecule has 4 aromatic carbocycles. The van der Waals surface area contributed by atoms with Crippen LogP contribution < -0.4 is 0 Å². The fourth-order valence-electron chi connectivity index (χ4n) is 4.95. The van der Waals surface area contributed by atoms with E-state index in [0.29, 0.717) is 0 Å². The van der Waals surface area contributed by atoms with Crippen LogP contribution >= 0.6 is 0 Å². The van der Waals surface area contributed by atoms with Gasteiger partial charge in [0, 0.05) is 12.8 Å². The lowest BCUT2D eigenvalue weighted by molar-refractivity contribution is -0.208. The minimum absolute atomic E-state index is 0.0791. The number of carbonyl (C=O) groups excluding carboxylic acids is 2. The van der Waals surface area contributed by atoms with E-state index < -0.39 is 24.4 Å². The molecule has 8 nitrogen and oxygen atoms in total. The van der Waals surface area contributed by atoms with Crippen molar-refractivity contribution in [1.29, 1.82) is 0 Å². The molecule has 0 unspecified atom stereocenters. The van der Waals surface area contributed by atoms with Gasteiger partial charge in [0.1, 0.15) is 37.6 Å². The number of esters is 2. The molecular formula is C40H46O8. The molecule has 0 saturated carbocycles. The molecule has 8 heteroatoms. The largest absolute Gasteiger partial charge is 0.463 e. The average Bonchev–Trinajstić information content (AvgIpc) is 3.15. The van der Waals surface area contributed by atoms with Gasteiger partial charge in [-0.1, -0.05) is 135 Å². The lowest BCUT2D eigenvalue weighted by atomic mass is 10.0. The molecule has 0 bridgehead atoms. The molecule has 4 atom stereocenters. The third kappa shape index (κ3) is 12.7. The van der Waals surface area contributed by atoms with Crippen LogP contribution in [-0.2, 0) is 64.4 Å². The molecule has 0 heterocycles. The molecule has 0 aliphatic rings. The third-order valence-electron chi connectivity index (χ3n) is 7.64. The highest BCUT2D eigenvalue weighted by atomic mass is 16.6. The van der Waals surface area contributed by atoms with Gasteiger partial charge in [0.25, 0.3) is 0 Å². The molecule has 0 radical (unpaired) electrons. The van der Waals surface area contributed by atoms with Crippen LogP contribution in [0.5, 0.6) is 0 Å². The zero-order valence-electron chi connectivity index (χ0n) is 27.8. The quantitative estimate of drug-likeness (QED) is 0.0870. The Morgan fingerprint density at radius 3 is 0.979 bits per heavy atom. The maximum atomic E-state index is 12.4. The Morgan fingerprint density at radius 2 is 0.708 bits per heavy atom. The molecule has 0 aliphatic carbocycles. The van der Waals surface area contributed by atoms with E-state index in [9.17, 15) is 9.59 Å². The van der Waals surface area contributed by atoms with Gasteiger partial charge in [0.05, 0.1) is 26.4 Å². The highest BCUT2D eigenvalue weighted by Gasteiger charge is 2.40. The first kappa shape index (κ1) is 36.5. The van der Waals surface area contributed by atoms with Crippen LogP contribution in [0.2, 0.25) is 0 Å². The minimum Gasteiger partial charge on any atom is -0.463 e. The van der Waals surface area contributed by atoms with Gasteiger partial charge in [-0.3, -0.25) is 9.59 Å². The van der Waals surface area contributed by atoms with Crippen LogP contribution in [0.4, 0.5) is 0 Å². The molecular weight excluding hydrogens is 608 g/mol. The molecule has 0 aliphatic heterocycles. The van der Waals surface area contributed by atoms with E-state index in [-0.39, 0.29) is 64.4 Å². The highest BCUT2D eigenvalue weighted by Crippen LogP contribution is 2.24. The van der Waals surface area contributed by atoms with Crippen molar-refractivity contribution in [3.63, 3.8) is 0 Å². The van der Waals surface area contributed by atoms with Gasteiger partial charge in [0.15, 0.2) is 0 Å². The molecule has 0 N–H and O–H groups in total. The average molecular weight is 655 g/mol. The zero-order valence-corrected chi connectivity index (χ0v) is 27.8. The summed E-state index contributed by atoms with van der Waals surface area (Å²) in [6, 6.07) is 39.1. The zero-order chi connectivity index (χ0) is 33.8. The van der Waals surface area contributed by atoms with Crippen LogP contribution in [0.3, 0.4) is 0 Å². The van der Waals surface area contributed by atoms with Crippen LogP contribution in [0.15, 0.2) is 121 Å². The van der Waals surface area contributed by atoms with Crippen molar-refractivity contribution in [2.45, 2.75) is 77.5 Å². The van der Waals surface area contributed by atoms with Gasteiger partial charge in [-0.25, -0.2) is 0 Å². The minimum atomic E-state index is -0.816. The monoisotopic (exact) mass is 654 g/mol. The summed E-state index contributed by atoms with van der Waals surface area (Å²) in [7, 11) is 0. The van der Waals surface area contributed by atoms with Crippen molar-refractivity contribution >= 4 is 11.9 Å². The van der Waals surface area contributed by atoms with Crippen molar-refractivity contribution in [1.82, 2.24) is 0 Å². The summed E-state index contributed by atoms with van der Waals surface area (Å²) in [6.07, 6.45) is -2.74. The summed E-state index contributed by atoms with van der Waals surface area (Å²) >= 11 is 0. The van der Waals surface area contributed by atoms with E-state index in [4.69, 9.17) is 28.4 Å². The molecule has 0 fully saturated rings. The van der Waals surface area contributed by atoms with Gasteiger partial charge in [-0.05, 0) is 22.3 Å². The number of hydrogen-bond acceptors (Lipinski definition) is 8. The summed E-state index contributed by atoms with van der Waals surface area (Å²) in [6.45, 7) is 4.26. The van der Waals surface area contributed by atoms with Gasteiger partial charge < -0.3 is 28.4 Å². The van der Waals surface area contributed by atoms with Gasteiger partial charge in [-0.15, -0.1) is 0 Å². The standard InChI is InChI=1S/C40H46O8/c1-3-37(41)45-29-35(43-25-31-17-9-5-10-18-31)39(47-27-33-21-13-7-14-22-33)40(48-28-34-23-15-8-16-24-34)36(30-46-38(42)4-2)44-26-32-19-11-6-12-20-32/h5-24,35-36,39-40H,3-4,25-30H2,1-2H3/t35-,36+,39-,40-/m1/s1. The van der Waals surface area contributed by atoms with Crippen LogP contribution in [0.1, 0.15) is 48.9 Å². The Bertz CT molecular complexity index is 1340.